The summed E-state index contributed by atoms with van der Waals surface area (Å²) in [6, 6.07) is 5.27. The fourth-order valence-corrected chi connectivity index (χ4v) is 5.08. The Balaban J connectivity index is 1.64. The van der Waals surface area contributed by atoms with Gasteiger partial charge in [-0.05, 0) is 144 Å². The summed E-state index contributed by atoms with van der Waals surface area (Å²) in [5.74, 6) is 1.10. The predicted octanol–water partition coefficient (Wildman–Crippen LogP) is 12.5. The highest BCUT2D eigenvalue weighted by Crippen LogP contribution is 2.35. The molecule has 42 heavy (non-hydrogen) atoms. The van der Waals surface area contributed by atoms with E-state index in [-0.39, 0.29) is 11.4 Å². The van der Waals surface area contributed by atoms with Crippen molar-refractivity contribution in [2.45, 2.75) is 132 Å². The molecule has 1 atom stereocenters. The number of ether oxygens (including phenoxy) is 1. The van der Waals surface area contributed by atoms with Gasteiger partial charge < -0.3 is 9.84 Å². The summed E-state index contributed by atoms with van der Waals surface area (Å²) < 4.78 is 6.24. The highest BCUT2D eigenvalue weighted by Gasteiger charge is 2.26. The van der Waals surface area contributed by atoms with Crippen LogP contribution in [-0.2, 0) is 0 Å². The van der Waals surface area contributed by atoms with Gasteiger partial charge in [-0.3, -0.25) is 0 Å². The SMILES string of the molecule is CC(C)=CCCC(C)=CCCC(C)=CCCC(C)=CCCC(C)=CCCC(C)=CCC1(C)C=Cc2cc(O)ccc2O1. The van der Waals surface area contributed by atoms with Crippen LogP contribution in [0, 0.1) is 0 Å². The third kappa shape index (κ3) is 14.8. The monoisotopic (exact) mass is 570 g/mol. The summed E-state index contributed by atoms with van der Waals surface area (Å²) in [7, 11) is 0. The normalized spacial score (nSPS) is 18.1. The molecule has 1 unspecified atom stereocenters. The fourth-order valence-electron chi connectivity index (χ4n) is 5.08. The van der Waals surface area contributed by atoms with E-state index in [0.717, 1.165) is 69.1 Å². The number of allylic oxidation sites excluding steroid dienone is 11. The van der Waals surface area contributed by atoms with Crippen molar-refractivity contribution in [3.05, 3.63) is 99.7 Å². The number of hydrogen-bond donors (Lipinski definition) is 1. The minimum absolute atomic E-state index is 0.268. The number of phenols is 1. The van der Waals surface area contributed by atoms with Gasteiger partial charge in [0.05, 0.1) is 0 Å². The van der Waals surface area contributed by atoms with Crippen molar-refractivity contribution < 1.29 is 9.84 Å². The third-order valence-corrected chi connectivity index (χ3v) is 8.02. The third-order valence-electron chi connectivity index (χ3n) is 8.02. The van der Waals surface area contributed by atoms with E-state index in [4.69, 9.17) is 4.74 Å². The molecule has 2 heteroatoms. The maximum absolute atomic E-state index is 9.68. The van der Waals surface area contributed by atoms with Gasteiger partial charge in [-0.15, -0.1) is 0 Å². The molecule has 0 aromatic heterocycles. The first-order chi connectivity index (χ1) is 20.0. The number of aromatic hydroxyl groups is 1. The van der Waals surface area contributed by atoms with Crippen molar-refractivity contribution >= 4 is 6.08 Å². The Kier molecular flexibility index (Phi) is 15.5. The van der Waals surface area contributed by atoms with Gasteiger partial charge in [-0.1, -0.05) is 76.0 Å². The lowest BCUT2D eigenvalue weighted by atomic mass is 9.95. The largest absolute Gasteiger partial charge is 0.508 e. The van der Waals surface area contributed by atoms with Crippen molar-refractivity contribution in [1.29, 1.82) is 0 Å². The lowest BCUT2D eigenvalue weighted by Gasteiger charge is -2.31. The first kappa shape index (κ1) is 35.2. The molecule has 0 aliphatic carbocycles. The fraction of sp³-hybridized carbons (Fsp3) is 0.500. The van der Waals surface area contributed by atoms with Crippen LogP contribution in [0.2, 0.25) is 0 Å². The molecule has 0 saturated heterocycles. The Morgan fingerprint density at radius 1 is 0.643 bits per heavy atom. The van der Waals surface area contributed by atoms with Gasteiger partial charge in [0.1, 0.15) is 17.1 Å². The Morgan fingerprint density at radius 2 is 1.07 bits per heavy atom. The Bertz CT molecular complexity index is 1210. The van der Waals surface area contributed by atoms with E-state index in [1.165, 1.54) is 46.3 Å². The molecule has 0 radical (unpaired) electrons. The number of benzene rings is 1. The van der Waals surface area contributed by atoms with Crippen LogP contribution >= 0.6 is 0 Å². The second-order valence-electron chi connectivity index (χ2n) is 12.9. The summed E-state index contributed by atoms with van der Waals surface area (Å²) in [6.07, 6.45) is 30.7. The summed E-state index contributed by atoms with van der Waals surface area (Å²) in [4.78, 5) is 0. The number of hydrogen-bond acceptors (Lipinski definition) is 2. The average Bonchev–Trinajstić information content (AvgIpc) is 2.92. The molecule has 0 saturated carbocycles. The molecule has 2 rings (SSSR count). The van der Waals surface area contributed by atoms with E-state index in [2.05, 4.69) is 104 Å². The van der Waals surface area contributed by atoms with Crippen molar-refractivity contribution in [1.82, 2.24) is 0 Å². The van der Waals surface area contributed by atoms with Crippen molar-refractivity contribution in [2.75, 3.05) is 0 Å². The van der Waals surface area contributed by atoms with Crippen molar-refractivity contribution in [3.63, 3.8) is 0 Å². The first-order valence-electron chi connectivity index (χ1n) is 16.1. The first-order valence-corrected chi connectivity index (χ1v) is 16.1. The molecule has 2 nitrogen and oxygen atoms in total. The molecule has 0 spiro atoms. The van der Waals surface area contributed by atoms with Gasteiger partial charge in [-0.25, -0.2) is 0 Å². The molecule has 1 heterocycles. The highest BCUT2D eigenvalue weighted by molar-refractivity contribution is 5.62. The van der Waals surface area contributed by atoms with Crippen LogP contribution in [0.15, 0.2) is 94.2 Å². The van der Waals surface area contributed by atoms with Crippen molar-refractivity contribution in [3.8, 4) is 11.5 Å². The van der Waals surface area contributed by atoms with Gasteiger partial charge in [-0.2, -0.15) is 0 Å². The van der Waals surface area contributed by atoms with Crippen LogP contribution in [0.5, 0.6) is 11.5 Å². The van der Waals surface area contributed by atoms with E-state index < -0.39 is 0 Å². The summed E-state index contributed by atoms with van der Waals surface area (Å²) >= 11 is 0. The summed E-state index contributed by atoms with van der Waals surface area (Å²) in [5, 5.41) is 9.68. The molecule has 1 N–H and O–H groups in total. The molecule has 1 aliphatic heterocycles. The minimum atomic E-state index is -0.350. The maximum atomic E-state index is 9.68. The highest BCUT2D eigenvalue weighted by atomic mass is 16.5. The zero-order valence-corrected chi connectivity index (χ0v) is 28.0. The van der Waals surface area contributed by atoms with Crippen LogP contribution in [0.3, 0.4) is 0 Å². The van der Waals surface area contributed by atoms with Crippen LogP contribution in [0.4, 0.5) is 0 Å². The molecule has 0 fully saturated rings. The van der Waals surface area contributed by atoms with E-state index in [1.54, 1.807) is 12.1 Å². The summed E-state index contributed by atoms with van der Waals surface area (Å²) in [5.41, 5.74) is 9.42. The zero-order chi connectivity index (χ0) is 31.0. The van der Waals surface area contributed by atoms with Crippen molar-refractivity contribution in [2.24, 2.45) is 0 Å². The van der Waals surface area contributed by atoms with Gasteiger partial charge in [0, 0.05) is 12.0 Å². The van der Waals surface area contributed by atoms with Crippen LogP contribution in [-0.4, -0.2) is 10.7 Å². The van der Waals surface area contributed by atoms with E-state index in [9.17, 15) is 5.11 Å². The molecular formula is C40H58O2. The smallest absolute Gasteiger partial charge is 0.128 e. The standard InChI is InChI=1S/C40H58O2/c1-31(2)14-9-15-32(3)16-10-17-33(4)18-11-19-34(5)20-12-21-35(6)22-13-23-36(7)26-28-40(8)29-27-37-30-38(41)24-25-39(37)42-40/h14,16,18,20,22,24-27,29-30,41H,9-13,15,17,19,21,23,28H2,1-8H3. The Morgan fingerprint density at radius 3 is 1.52 bits per heavy atom. The van der Waals surface area contributed by atoms with Crippen LogP contribution in [0.25, 0.3) is 6.08 Å². The molecular weight excluding hydrogens is 512 g/mol. The molecule has 1 aromatic carbocycles. The topological polar surface area (TPSA) is 29.5 Å². The van der Waals surface area contributed by atoms with Gasteiger partial charge in [0.15, 0.2) is 0 Å². The van der Waals surface area contributed by atoms with E-state index >= 15 is 0 Å². The maximum Gasteiger partial charge on any atom is 0.128 e. The number of rotatable bonds is 17. The molecule has 0 amide bonds. The molecule has 1 aromatic rings. The zero-order valence-electron chi connectivity index (χ0n) is 28.0. The second-order valence-corrected chi connectivity index (χ2v) is 12.9. The predicted molar refractivity (Wildman–Crippen MR) is 185 cm³/mol. The Labute approximate surface area is 258 Å². The molecule has 0 bridgehead atoms. The van der Waals surface area contributed by atoms with E-state index in [1.807, 2.05) is 6.07 Å². The Hall–Kier alpha value is -3.00. The number of phenolic OH excluding ortho intramolecular Hbond substituents is 1. The quantitative estimate of drug-likeness (QED) is 0.189. The second kappa shape index (κ2) is 18.5. The van der Waals surface area contributed by atoms with Gasteiger partial charge >= 0.3 is 0 Å². The lowest BCUT2D eigenvalue weighted by molar-refractivity contribution is 0.141. The lowest BCUT2D eigenvalue weighted by Crippen LogP contribution is -2.31. The minimum Gasteiger partial charge on any atom is -0.508 e. The van der Waals surface area contributed by atoms with E-state index in [0.29, 0.717) is 0 Å². The van der Waals surface area contributed by atoms with Gasteiger partial charge in [0.25, 0.3) is 0 Å². The van der Waals surface area contributed by atoms with Crippen LogP contribution < -0.4 is 4.74 Å². The van der Waals surface area contributed by atoms with Gasteiger partial charge in [0.2, 0.25) is 0 Å². The molecule has 230 valence electrons. The summed E-state index contributed by atoms with van der Waals surface area (Å²) in [6.45, 7) is 17.8. The number of fused-ring (bicyclic) bond motifs is 1. The van der Waals surface area contributed by atoms with Crippen LogP contribution in [0.1, 0.15) is 132 Å². The molecule has 1 aliphatic rings. The average molecular weight is 571 g/mol.